The fraction of sp³-hybridized carbons (Fsp3) is 0.160. The number of benzene rings is 3. The molecule has 0 fully saturated rings. The van der Waals surface area contributed by atoms with Crippen LogP contribution in [0.2, 0.25) is 15.1 Å². The maximum absolute atomic E-state index is 12.2. The fourth-order valence-electron chi connectivity index (χ4n) is 2.84. The first-order chi connectivity index (χ1) is 16.7. The first-order valence-electron chi connectivity index (χ1n) is 10.4. The van der Waals surface area contributed by atoms with Crippen molar-refractivity contribution >= 4 is 58.5 Å². The normalized spacial score (nSPS) is 10.8. The zero-order chi connectivity index (χ0) is 25.4. The Labute approximate surface area is 218 Å². The number of hydrogen-bond acceptors (Lipinski definition) is 5. The van der Waals surface area contributed by atoms with Crippen LogP contribution in [0.1, 0.15) is 16.7 Å². The molecule has 0 radical (unpaired) electrons. The molecule has 0 aliphatic heterocycles. The maximum atomic E-state index is 12.2. The maximum Gasteiger partial charge on any atom is 0.277 e. The standard InChI is InChI=1S/C25H22Cl3N3O4/c1-15-6-7-19(8-16(15)2)30-23(32)13-34-20-5-3-4-17(9-20)12-29-31-24(33)14-35-22-11-18(26)10-21(27)25(22)28/h3-12H,13-14H2,1-2H3,(H,30,32)(H,31,33)/b29-12-. The Morgan fingerprint density at radius 2 is 1.69 bits per heavy atom. The van der Waals surface area contributed by atoms with E-state index in [4.69, 9.17) is 44.3 Å². The van der Waals surface area contributed by atoms with Gasteiger partial charge in [0, 0.05) is 16.8 Å². The third-order valence-corrected chi connectivity index (χ3v) is 5.74. The topological polar surface area (TPSA) is 89.0 Å². The highest BCUT2D eigenvalue weighted by Crippen LogP contribution is 2.35. The summed E-state index contributed by atoms with van der Waals surface area (Å²) in [5.74, 6) is -0.120. The van der Waals surface area contributed by atoms with E-state index >= 15 is 0 Å². The van der Waals surface area contributed by atoms with E-state index in [9.17, 15) is 9.59 Å². The van der Waals surface area contributed by atoms with Crippen molar-refractivity contribution in [2.45, 2.75) is 13.8 Å². The van der Waals surface area contributed by atoms with Gasteiger partial charge in [0.1, 0.15) is 16.5 Å². The lowest BCUT2D eigenvalue weighted by Gasteiger charge is -2.09. The summed E-state index contributed by atoms with van der Waals surface area (Å²) in [5.41, 5.74) is 5.95. The van der Waals surface area contributed by atoms with E-state index in [2.05, 4.69) is 15.8 Å². The predicted octanol–water partition coefficient (Wildman–Crippen LogP) is 5.81. The fourth-order valence-corrected chi connectivity index (χ4v) is 3.48. The Balaban J connectivity index is 1.47. The summed E-state index contributed by atoms with van der Waals surface area (Å²) in [4.78, 5) is 24.2. The molecule has 182 valence electrons. The van der Waals surface area contributed by atoms with Gasteiger partial charge < -0.3 is 14.8 Å². The molecule has 0 aliphatic carbocycles. The number of carbonyl (C=O) groups excluding carboxylic acids is 2. The number of hydrazone groups is 1. The van der Waals surface area contributed by atoms with Crippen LogP contribution >= 0.6 is 34.8 Å². The molecule has 3 aromatic rings. The summed E-state index contributed by atoms with van der Waals surface area (Å²) >= 11 is 17.9. The van der Waals surface area contributed by atoms with Crippen molar-refractivity contribution in [3.63, 3.8) is 0 Å². The number of nitrogens with one attached hydrogen (secondary N) is 2. The molecule has 2 N–H and O–H groups in total. The van der Waals surface area contributed by atoms with Gasteiger partial charge >= 0.3 is 0 Å². The van der Waals surface area contributed by atoms with Crippen molar-refractivity contribution in [3.8, 4) is 11.5 Å². The summed E-state index contributed by atoms with van der Waals surface area (Å²) in [6.07, 6.45) is 1.43. The summed E-state index contributed by atoms with van der Waals surface area (Å²) in [6, 6.07) is 15.5. The van der Waals surface area contributed by atoms with Gasteiger partial charge in [0.25, 0.3) is 11.8 Å². The lowest BCUT2D eigenvalue weighted by Crippen LogP contribution is -2.24. The first kappa shape index (κ1) is 26.3. The van der Waals surface area contributed by atoms with E-state index in [-0.39, 0.29) is 34.9 Å². The van der Waals surface area contributed by atoms with E-state index in [1.165, 1.54) is 18.3 Å². The molecule has 35 heavy (non-hydrogen) atoms. The number of halogens is 3. The highest BCUT2D eigenvalue weighted by molar-refractivity contribution is 6.44. The minimum atomic E-state index is -0.510. The SMILES string of the molecule is Cc1ccc(NC(=O)COc2cccc(/C=N\NC(=O)COc3cc(Cl)cc(Cl)c3Cl)c2)cc1C. The third-order valence-electron chi connectivity index (χ3n) is 4.74. The van der Waals surface area contributed by atoms with Crippen LogP contribution in [-0.4, -0.2) is 31.2 Å². The lowest BCUT2D eigenvalue weighted by molar-refractivity contribution is -0.123. The number of hydrogen-bond donors (Lipinski definition) is 2. The number of nitrogens with zero attached hydrogens (tertiary/aromatic N) is 1. The molecule has 0 aromatic heterocycles. The summed E-state index contributed by atoms with van der Waals surface area (Å²) in [6.45, 7) is 3.49. The Bertz CT molecular complexity index is 1260. The van der Waals surface area contributed by atoms with Gasteiger partial charge in [-0.05, 0) is 60.9 Å². The second-order valence-electron chi connectivity index (χ2n) is 7.49. The highest BCUT2D eigenvalue weighted by atomic mass is 35.5. The summed E-state index contributed by atoms with van der Waals surface area (Å²) < 4.78 is 10.9. The van der Waals surface area contributed by atoms with Crippen LogP contribution in [0.5, 0.6) is 11.5 Å². The lowest BCUT2D eigenvalue weighted by atomic mass is 10.1. The number of aryl methyl sites for hydroxylation is 2. The van der Waals surface area contributed by atoms with Gasteiger partial charge in [0.2, 0.25) is 0 Å². The smallest absolute Gasteiger partial charge is 0.277 e. The molecule has 0 aliphatic rings. The van der Waals surface area contributed by atoms with E-state index in [1.807, 2.05) is 32.0 Å². The predicted molar refractivity (Wildman–Crippen MR) is 139 cm³/mol. The van der Waals surface area contributed by atoms with Gasteiger partial charge in [-0.25, -0.2) is 5.43 Å². The molecule has 7 nitrogen and oxygen atoms in total. The van der Waals surface area contributed by atoms with Gasteiger partial charge in [-0.2, -0.15) is 5.10 Å². The second-order valence-corrected chi connectivity index (χ2v) is 8.71. The van der Waals surface area contributed by atoms with Crippen molar-refractivity contribution < 1.29 is 19.1 Å². The second kappa shape index (κ2) is 12.4. The summed E-state index contributed by atoms with van der Waals surface area (Å²) in [5, 5.41) is 7.41. The monoisotopic (exact) mass is 533 g/mol. The largest absolute Gasteiger partial charge is 0.484 e. The average molecular weight is 535 g/mol. The molecule has 0 saturated carbocycles. The quantitative estimate of drug-likeness (QED) is 0.206. The third kappa shape index (κ3) is 8.17. The van der Waals surface area contributed by atoms with E-state index < -0.39 is 5.91 Å². The molecule has 2 amide bonds. The van der Waals surface area contributed by atoms with Crippen LogP contribution in [0.3, 0.4) is 0 Å². The molecular formula is C25H22Cl3N3O4. The van der Waals surface area contributed by atoms with Crippen LogP contribution in [0.25, 0.3) is 0 Å². The average Bonchev–Trinajstić information content (AvgIpc) is 2.82. The molecule has 0 heterocycles. The number of rotatable bonds is 9. The molecule has 3 aromatic carbocycles. The first-order valence-corrected chi connectivity index (χ1v) is 11.5. The minimum Gasteiger partial charge on any atom is -0.484 e. The van der Waals surface area contributed by atoms with Crippen LogP contribution < -0.4 is 20.2 Å². The summed E-state index contributed by atoms with van der Waals surface area (Å²) in [7, 11) is 0. The van der Waals surface area contributed by atoms with E-state index in [0.29, 0.717) is 22.0 Å². The van der Waals surface area contributed by atoms with Gasteiger partial charge in [-0.1, -0.05) is 53.0 Å². The van der Waals surface area contributed by atoms with Crippen molar-refractivity contribution in [2.75, 3.05) is 18.5 Å². The molecule has 0 atom stereocenters. The van der Waals surface area contributed by atoms with Crippen LogP contribution in [0.4, 0.5) is 5.69 Å². The van der Waals surface area contributed by atoms with E-state index in [1.54, 1.807) is 24.3 Å². The zero-order valence-electron chi connectivity index (χ0n) is 18.9. The van der Waals surface area contributed by atoms with Gasteiger partial charge in [-0.15, -0.1) is 0 Å². The molecular weight excluding hydrogens is 513 g/mol. The minimum absolute atomic E-state index is 0.155. The molecule has 0 unspecified atom stereocenters. The zero-order valence-corrected chi connectivity index (χ0v) is 21.2. The Kier molecular flexibility index (Phi) is 9.37. The van der Waals surface area contributed by atoms with E-state index in [0.717, 1.165) is 11.1 Å². The molecule has 0 spiro atoms. The number of amides is 2. The number of carbonyl (C=O) groups is 2. The molecule has 0 bridgehead atoms. The van der Waals surface area contributed by atoms with Gasteiger partial charge in [-0.3, -0.25) is 9.59 Å². The Morgan fingerprint density at radius 3 is 2.46 bits per heavy atom. The molecule has 0 saturated heterocycles. The molecule has 3 rings (SSSR count). The molecule has 10 heteroatoms. The van der Waals surface area contributed by atoms with Crippen LogP contribution in [0.15, 0.2) is 59.7 Å². The highest BCUT2D eigenvalue weighted by Gasteiger charge is 2.10. The van der Waals surface area contributed by atoms with Crippen LogP contribution in [0, 0.1) is 13.8 Å². The van der Waals surface area contributed by atoms with Crippen molar-refractivity contribution in [2.24, 2.45) is 5.10 Å². The van der Waals surface area contributed by atoms with Crippen molar-refractivity contribution in [3.05, 3.63) is 86.4 Å². The van der Waals surface area contributed by atoms with Crippen LogP contribution in [-0.2, 0) is 9.59 Å². The van der Waals surface area contributed by atoms with Gasteiger partial charge in [0.15, 0.2) is 13.2 Å². The van der Waals surface area contributed by atoms with Gasteiger partial charge in [0.05, 0.1) is 11.2 Å². The number of anilines is 1. The number of ether oxygens (including phenoxy) is 2. The Morgan fingerprint density at radius 1 is 0.914 bits per heavy atom. The van der Waals surface area contributed by atoms with Crippen molar-refractivity contribution in [1.82, 2.24) is 5.43 Å². The Hall–Kier alpha value is -3.26. The van der Waals surface area contributed by atoms with Crippen molar-refractivity contribution in [1.29, 1.82) is 0 Å².